The number of benzene rings is 20. The summed E-state index contributed by atoms with van der Waals surface area (Å²) in [6.07, 6.45) is 0. The molecule has 135 heavy (non-hydrogen) atoms. The summed E-state index contributed by atoms with van der Waals surface area (Å²) < 4.78 is 19.2. The number of rotatable bonds is 11. The summed E-state index contributed by atoms with van der Waals surface area (Å²) in [6, 6.07) is 169. The SMILES string of the molecule is Clc1cc(-n2c3ccccc3c3cc(-n4c5ccccc5c5ccccc54)ccc32)cc(-n2c3ccccc3c3cc(-n4c5ccccc5c5ccccc54)ccc32)c1.c1ccc(-c2cc(-c3ccccc3)nc(-c3cc(-n4c5ccccc5c5cc(-n6c7ccccc7c7ccccc76)ccc54)cc(-n4c5ccccc5c5cc(-n6c7ccccc7c7ccccc76)ccc54)c3)n2)cc1. The maximum Gasteiger partial charge on any atom is 0.160 e. The highest BCUT2D eigenvalue weighted by molar-refractivity contribution is 6.31. The van der Waals surface area contributed by atoms with E-state index in [4.69, 9.17) is 21.6 Å². The van der Waals surface area contributed by atoms with Crippen LogP contribution < -0.4 is 0 Å². The predicted molar refractivity (Wildman–Crippen MR) is 565 cm³/mol. The van der Waals surface area contributed by atoms with Gasteiger partial charge in [0.15, 0.2) is 5.82 Å². The van der Waals surface area contributed by atoms with Crippen LogP contribution in [0.25, 0.3) is 254 Å². The van der Waals surface area contributed by atoms with Gasteiger partial charge in [-0.25, -0.2) is 9.97 Å². The lowest BCUT2D eigenvalue weighted by atomic mass is 10.1. The lowest BCUT2D eigenvalue weighted by molar-refractivity contribution is 1.12. The van der Waals surface area contributed by atoms with Gasteiger partial charge < -0.3 is 36.5 Å². The Hall–Kier alpha value is -17.8. The molecule has 11 heteroatoms. The Balaban J connectivity index is 0.000000138. The average Bonchev–Trinajstić information content (AvgIpc) is 1.27. The molecule has 9 aromatic heterocycles. The predicted octanol–water partition coefficient (Wildman–Crippen LogP) is 32.6. The number of hydrogen-bond donors (Lipinski definition) is 0. The van der Waals surface area contributed by atoms with Crippen LogP contribution in [0.3, 0.4) is 0 Å². The monoisotopic (exact) mass is 1740 g/mol. The fourth-order valence-electron chi connectivity index (χ4n) is 22.2. The molecule has 9 heterocycles. The maximum absolute atomic E-state index is 7.16. The first-order chi connectivity index (χ1) is 66.9. The second kappa shape index (κ2) is 30.1. The third-order valence-corrected chi connectivity index (χ3v) is 28.1. The molecule has 0 amide bonds. The van der Waals surface area contributed by atoms with Gasteiger partial charge in [-0.1, -0.05) is 291 Å². The Kier molecular flexibility index (Phi) is 17.0. The van der Waals surface area contributed by atoms with Crippen molar-refractivity contribution < 1.29 is 0 Å². The van der Waals surface area contributed by atoms with E-state index in [1.165, 1.54) is 130 Å². The van der Waals surface area contributed by atoms with Crippen LogP contribution in [0.2, 0.25) is 5.02 Å². The molecule has 10 nitrogen and oxygen atoms in total. The topological polar surface area (TPSA) is 65.2 Å². The number of hydrogen-bond acceptors (Lipinski definition) is 2. The summed E-state index contributed by atoms with van der Waals surface area (Å²) in [7, 11) is 0. The van der Waals surface area contributed by atoms with E-state index in [1.807, 2.05) is 0 Å². The molecule has 29 aromatic rings. The number of fused-ring (bicyclic) bond motifs is 24. The van der Waals surface area contributed by atoms with Crippen molar-refractivity contribution in [3.8, 4) is 79.4 Å². The molecular weight excluding hydrogens is 1660 g/mol. The van der Waals surface area contributed by atoms with Gasteiger partial charge in [0.2, 0.25) is 0 Å². The minimum atomic E-state index is 0.646. The van der Waals surface area contributed by atoms with Crippen LogP contribution >= 0.6 is 11.6 Å². The summed E-state index contributed by atoms with van der Waals surface area (Å²) in [5, 5.41) is 20.1. The fourth-order valence-corrected chi connectivity index (χ4v) is 22.4. The maximum atomic E-state index is 7.16. The van der Waals surface area contributed by atoms with E-state index >= 15 is 0 Å². The zero-order valence-corrected chi connectivity index (χ0v) is 73.6. The molecule has 630 valence electrons. The third kappa shape index (κ3) is 11.8. The summed E-state index contributed by atoms with van der Waals surface area (Å²) in [5.74, 6) is 0.646. The number of aromatic nitrogens is 10. The minimum absolute atomic E-state index is 0.646. The second-order valence-corrected chi connectivity index (χ2v) is 35.7. The van der Waals surface area contributed by atoms with Crippen molar-refractivity contribution in [3.05, 3.63) is 472 Å². The van der Waals surface area contributed by atoms with Gasteiger partial charge in [0.25, 0.3) is 0 Å². The van der Waals surface area contributed by atoms with E-state index in [-0.39, 0.29) is 0 Å². The highest BCUT2D eigenvalue weighted by atomic mass is 35.5. The smallest absolute Gasteiger partial charge is 0.160 e. The molecule has 29 rings (SSSR count). The van der Waals surface area contributed by atoms with Crippen LogP contribution in [0.1, 0.15) is 0 Å². The lowest BCUT2D eigenvalue weighted by Gasteiger charge is -2.16. The molecule has 0 radical (unpaired) electrons. The van der Waals surface area contributed by atoms with Gasteiger partial charge in [0.1, 0.15) is 0 Å². The van der Waals surface area contributed by atoms with Crippen LogP contribution in [0, 0.1) is 0 Å². The van der Waals surface area contributed by atoms with Crippen LogP contribution in [0.15, 0.2) is 467 Å². The molecule has 20 aromatic carbocycles. The van der Waals surface area contributed by atoms with Gasteiger partial charge in [-0.05, 0) is 188 Å². The zero-order chi connectivity index (χ0) is 88.6. The van der Waals surface area contributed by atoms with Crippen molar-refractivity contribution in [2.45, 2.75) is 0 Å². The quantitative estimate of drug-likeness (QED) is 0.130. The Morgan fingerprint density at radius 2 is 0.311 bits per heavy atom. The normalized spacial score (nSPS) is 12.0. The first kappa shape index (κ1) is 76.1. The van der Waals surface area contributed by atoms with Crippen LogP contribution in [0.4, 0.5) is 0 Å². The number of para-hydroxylation sites is 12. The molecule has 0 saturated carbocycles. The highest BCUT2D eigenvalue weighted by Gasteiger charge is 2.26. The van der Waals surface area contributed by atoms with E-state index in [2.05, 4.69) is 504 Å². The second-order valence-electron chi connectivity index (χ2n) is 35.3. The first-order valence-electron chi connectivity index (χ1n) is 45.9. The standard InChI is InChI=1S/C70H44N6.C54H33ClN4/c1-3-19-45(20-4-1)60-44-61(46-21-5-2-6-22-46)72-70(71-60)47-39-50(75-66-33-17-11-27-56(66)58-42-48(35-37-68(58)75)73-62-29-13-7-23-52(62)53-24-8-14-30-63(53)73)41-51(40-47)76-67-34-18-12-28-57(67)59-43-49(36-38-69(59)76)74-64-31-15-9-25-54(64)55-26-10-16-32-65(55)74;55-34-29-37(58-51-23-11-5-17-43(51)45-32-35(25-27-53(45)58)56-47-19-7-1-13-39(47)40-14-2-8-20-48(40)56)31-38(30-34)59-52-24-12-6-18-44(52)46-33-36(26-28-54(46)59)57-49-21-9-3-15-41(49)42-16-4-10-22-50(42)57/h1-44H;1-33H. The molecule has 0 aliphatic carbocycles. The molecule has 0 aliphatic heterocycles. The Morgan fingerprint density at radius 1 is 0.133 bits per heavy atom. The molecular formula is C124H77ClN10. The van der Waals surface area contributed by atoms with Crippen molar-refractivity contribution in [1.82, 2.24) is 46.5 Å². The van der Waals surface area contributed by atoms with Crippen molar-refractivity contribution in [3.63, 3.8) is 0 Å². The molecule has 0 fully saturated rings. The van der Waals surface area contributed by atoms with E-state index in [1.54, 1.807) is 0 Å². The van der Waals surface area contributed by atoms with E-state index in [0.29, 0.717) is 10.8 Å². The fraction of sp³-hybridized carbons (Fsp3) is 0. The van der Waals surface area contributed by atoms with Gasteiger partial charge in [0, 0.05) is 153 Å². The summed E-state index contributed by atoms with van der Waals surface area (Å²) >= 11 is 7.16. The van der Waals surface area contributed by atoms with Crippen molar-refractivity contribution in [2.24, 2.45) is 0 Å². The zero-order valence-electron chi connectivity index (χ0n) is 72.8. The van der Waals surface area contributed by atoms with Gasteiger partial charge in [-0.15, -0.1) is 0 Å². The van der Waals surface area contributed by atoms with Gasteiger partial charge in [0.05, 0.1) is 99.7 Å². The van der Waals surface area contributed by atoms with Crippen molar-refractivity contribution in [2.75, 3.05) is 0 Å². The number of nitrogens with zero attached hydrogens (tertiary/aromatic N) is 10. The Labute approximate surface area is 778 Å². The first-order valence-corrected chi connectivity index (χ1v) is 46.3. The van der Waals surface area contributed by atoms with E-state index in [0.717, 1.165) is 118 Å². The molecule has 0 saturated heterocycles. The Bertz CT molecular complexity index is 9230. The van der Waals surface area contributed by atoms with E-state index in [9.17, 15) is 0 Å². The molecule has 0 spiro atoms. The summed E-state index contributed by atoms with van der Waals surface area (Å²) in [6.45, 7) is 0. The third-order valence-electron chi connectivity index (χ3n) is 27.9. The number of halogens is 1. The van der Waals surface area contributed by atoms with Gasteiger partial charge in [-0.2, -0.15) is 0 Å². The average molecular weight is 1740 g/mol. The minimum Gasteiger partial charge on any atom is -0.309 e. The highest BCUT2D eigenvalue weighted by Crippen LogP contribution is 2.47. The summed E-state index contributed by atoms with van der Waals surface area (Å²) in [4.78, 5) is 10.9. The van der Waals surface area contributed by atoms with Crippen LogP contribution in [0.5, 0.6) is 0 Å². The van der Waals surface area contributed by atoms with E-state index < -0.39 is 0 Å². The molecule has 0 bridgehead atoms. The molecule has 0 N–H and O–H groups in total. The van der Waals surface area contributed by atoms with Gasteiger partial charge in [-0.3, -0.25) is 0 Å². The summed E-state index contributed by atoms with van der Waals surface area (Å²) in [5.41, 5.74) is 31.7. The Morgan fingerprint density at radius 3 is 0.533 bits per heavy atom. The molecule has 0 aliphatic rings. The molecule has 0 unspecified atom stereocenters. The van der Waals surface area contributed by atoms with Crippen LogP contribution in [-0.4, -0.2) is 46.5 Å². The largest absolute Gasteiger partial charge is 0.309 e. The van der Waals surface area contributed by atoms with Crippen molar-refractivity contribution >= 4 is 186 Å². The van der Waals surface area contributed by atoms with Crippen LogP contribution in [-0.2, 0) is 0 Å². The molecule has 0 atom stereocenters. The van der Waals surface area contributed by atoms with Gasteiger partial charge >= 0.3 is 0 Å². The lowest BCUT2D eigenvalue weighted by Crippen LogP contribution is -2.02. The van der Waals surface area contributed by atoms with Crippen molar-refractivity contribution in [1.29, 1.82) is 0 Å².